The zero-order valence-corrected chi connectivity index (χ0v) is 16.9. The highest BCUT2D eigenvalue weighted by Crippen LogP contribution is 2.47. The molecule has 0 heterocycles. The van der Waals surface area contributed by atoms with Gasteiger partial charge in [0.1, 0.15) is 0 Å². The van der Waals surface area contributed by atoms with E-state index in [1.165, 1.54) is 53.9 Å². The van der Waals surface area contributed by atoms with Gasteiger partial charge in [0.05, 0.1) is 0 Å². The van der Waals surface area contributed by atoms with E-state index in [-0.39, 0.29) is 0 Å². The van der Waals surface area contributed by atoms with Crippen molar-refractivity contribution in [3.05, 3.63) is 81.7 Å². The highest BCUT2D eigenvalue weighted by atomic mass is 79.9. The summed E-state index contributed by atoms with van der Waals surface area (Å²) in [7, 11) is 0. The first-order valence-electron chi connectivity index (χ1n) is 8.60. The predicted octanol–water partition coefficient (Wildman–Crippen LogP) is 8.42. The number of rotatable bonds is 0. The first-order valence-corrected chi connectivity index (χ1v) is 10.2. The van der Waals surface area contributed by atoms with Gasteiger partial charge in [-0.05, 0) is 92.5 Å². The van der Waals surface area contributed by atoms with Crippen molar-refractivity contribution >= 4 is 85.7 Å². The molecule has 0 fully saturated rings. The molecule has 0 aliphatic rings. The zero-order valence-electron chi connectivity index (χ0n) is 13.7. The van der Waals surface area contributed by atoms with E-state index in [9.17, 15) is 0 Å². The molecule has 0 aliphatic heterocycles. The molecule has 0 aromatic heterocycles. The van der Waals surface area contributed by atoms with Crippen molar-refractivity contribution in [1.29, 1.82) is 0 Å². The molecular weight excluding hydrogens is 448 g/mol. The average Bonchev–Trinajstić information content (AvgIpc) is 2.68. The third-order valence-corrected chi connectivity index (χ3v) is 7.52. The third kappa shape index (κ3) is 1.79. The van der Waals surface area contributed by atoms with Crippen LogP contribution in [-0.4, -0.2) is 0 Å². The maximum atomic E-state index is 3.87. The van der Waals surface area contributed by atoms with Gasteiger partial charge in [-0.15, -0.1) is 0 Å². The Labute approximate surface area is 167 Å². The Morgan fingerprint density at radius 2 is 1.19 bits per heavy atom. The zero-order chi connectivity index (χ0) is 17.4. The molecule has 0 N–H and O–H groups in total. The van der Waals surface area contributed by atoms with Crippen LogP contribution in [0.15, 0.2) is 81.7 Å². The van der Waals surface area contributed by atoms with Gasteiger partial charge in [0, 0.05) is 14.3 Å². The van der Waals surface area contributed by atoms with Crippen molar-refractivity contribution in [2.45, 2.75) is 0 Å². The van der Waals surface area contributed by atoms with Gasteiger partial charge in [0.2, 0.25) is 0 Å². The van der Waals surface area contributed by atoms with Gasteiger partial charge in [0.15, 0.2) is 0 Å². The molecule has 26 heavy (non-hydrogen) atoms. The molecule has 0 atom stereocenters. The maximum absolute atomic E-state index is 3.87. The van der Waals surface area contributed by atoms with E-state index in [0.717, 1.165) is 8.95 Å². The molecule has 0 bridgehead atoms. The molecule has 0 amide bonds. The average molecular weight is 460 g/mol. The highest BCUT2D eigenvalue weighted by molar-refractivity contribution is 9.13. The molecule has 0 saturated heterocycles. The summed E-state index contributed by atoms with van der Waals surface area (Å²) in [6, 6.07) is 26.5. The Morgan fingerprint density at radius 1 is 0.462 bits per heavy atom. The van der Waals surface area contributed by atoms with Crippen LogP contribution in [0.1, 0.15) is 0 Å². The molecule has 0 aliphatic carbocycles. The second-order valence-electron chi connectivity index (χ2n) is 6.82. The number of hydrogen-bond donors (Lipinski definition) is 0. The van der Waals surface area contributed by atoms with Gasteiger partial charge in [-0.1, -0.05) is 60.7 Å². The largest absolute Gasteiger partial charge is 0.0616 e. The van der Waals surface area contributed by atoms with E-state index in [1.807, 2.05) is 0 Å². The van der Waals surface area contributed by atoms with Gasteiger partial charge in [-0.25, -0.2) is 0 Å². The Balaban J connectivity index is 2.15. The highest BCUT2D eigenvalue weighted by Gasteiger charge is 2.18. The van der Waals surface area contributed by atoms with Crippen LogP contribution in [0.4, 0.5) is 0 Å². The molecule has 0 nitrogen and oxygen atoms in total. The standard InChI is InChI=1S/C24H12Br2/c25-19-11-10-18-17-7-3-5-13-8-9-15-12-14-4-1-2-6-16(14)22(21(15)20(13)17)23(18)24(19)26/h1-12H. The van der Waals surface area contributed by atoms with Gasteiger partial charge < -0.3 is 0 Å². The first-order chi connectivity index (χ1) is 12.7. The van der Waals surface area contributed by atoms with Crippen molar-refractivity contribution in [1.82, 2.24) is 0 Å². The van der Waals surface area contributed by atoms with Crippen LogP contribution < -0.4 is 0 Å². The quantitative estimate of drug-likeness (QED) is 0.158. The van der Waals surface area contributed by atoms with Crippen LogP contribution in [0.3, 0.4) is 0 Å². The minimum atomic E-state index is 1.09. The minimum Gasteiger partial charge on any atom is -0.0616 e. The molecule has 0 unspecified atom stereocenters. The van der Waals surface area contributed by atoms with Crippen molar-refractivity contribution in [3.63, 3.8) is 0 Å². The molecule has 2 heteroatoms. The summed E-state index contributed by atoms with van der Waals surface area (Å²) in [5.74, 6) is 0. The van der Waals surface area contributed by atoms with E-state index in [4.69, 9.17) is 0 Å². The van der Waals surface area contributed by atoms with Crippen molar-refractivity contribution in [2.75, 3.05) is 0 Å². The third-order valence-electron chi connectivity index (χ3n) is 5.50. The normalized spacial score (nSPS) is 12.2. The van der Waals surface area contributed by atoms with E-state index in [0.29, 0.717) is 0 Å². The minimum absolute atomic E-state index is 1.09. The summed E-state index contributed by atoms with van der Waals surface area (Å²) in [4.78, 5) is 0. The van der Waals surface area contributed by atoms with Crippen LogP contribution in [0.25, 0.3) is 53.9 Å². The summed E-state index contributed by atoms with van der Waals surface area (Å²) >= 11 is 7.59. The lowest BCUT2D eigenvalue weighted by Crippen LogP contribution is -1.90. The molecule has 0 saturated carbocycles. The fourth-order valence-electron chi connectivity index (χ4n) is 4.44. The van der Waals surface area contributed by atoms with Gasteiger partial charge in [0.25, 0.3) is 0 Å². The van der Waals surface area contributed by atoms with Crippen molar-refractivity contribution in [2.24, 2.45) is 0 Å². The van der Waals surface area contributed by atoms with Gasteiger partial charge >= 0.3 is 0 Å². The lowest BCUT2D eigenvalue weighted by Gasteiger charge is -2.18. The number of fused-ring (bicyclic) bond motifs is 5. The van der Waals surface area contributed by atoms with E-state index >= 15 is 0 Å². The number of benzene rings is 6. The summed E-state index contributed by atoms with van der Waals surface area (Å²) in [6.07, 6.45) is 0. The van der Waals surface area contributed by atoms with Crippen LogP contribution >= 0.6 is 31.9 Å². The lowest BCUT2D eigenvalue weighted by molar-refractivity contribution is 1.69. The molecular formula is C24H12Br2. The smallest absolute Gasteiger partial charge is 0.0402 e. The summed E-state index contributed by atoms with van der Waals surface area (Å²) in [5, 5.41) is 13.2. The Kier molecular flexibility index (Phi) is 2.98. The van der Waals surface area contributed by atoms with Gasteiger partial charge in [-0.2, -0.15) is 0 Å². The van der Waals surface area contributed by atoms with Crippen molar-refractivity contribution < 1.29 is 0 Å². The van der Waals surface area contributed by atoms with Gasteiger partial charge in [-0.3, -0.25) is 0 Å². The second kappa shape index (κ2) is 5.18. The maximum Gasteiger partial charge on any atom is 0.0402 e. The van der Waals surface area contributed by atoms with Crippen LogP contribution in [-0.2, 0) is 0 Å². The SMILES string of the molecule is Brc1ccc2c3cccc4ccc5cc6ccccc6c(c2c1Br)c5c43. The Morgan fingerprint density at radius 3 is 2.12 bits per heavy atom. The molecule has 122 valence electrons. The van der Waals surface area contributed by atoms with E-state index in [1.54, 1.807) is 0 Å². The number of halogens is 2. The Bertz CT molecular complexity index is 1500. The predicted molar refractivity (Wildman–Crippen MR) is 121 cm³/mol. The topological polar surface area (TPSA) is 0 Å². The summed E-state index contributed by atoms with van der Waals surface area (Å²) < 4.78 is 2.21. The summed E-state index contributed by atoms with van der Waals surface area (Å²) in [6.45, 7) is 0. The molecule has 0 spiro atoms. The van der Waals surface area contributed by atoms with E-state index < -0.39 is 0 Å². The molecule has 6 aromatic rings. The fourth-order valence-corrected chi connectivity index (χ4v) is 5.32. The van der Waals surface area contributed by atoms with Crippen LogP contribution in [0, 0.1) is 0 Å². The number of hydrogen-bond acceptors (Lipinski definition) is 0. The van der Waals surface area contributed by atoms with E-state index in [2.05, 4.69) is 105 Å². The Hall–Kier alpha value is -2.16. The first kappa shape index (κ1) is 15.0. The second-order valence-corrected chi connectivity index (χ2v) is 8.47. The van der Waals surface area contributed by atoms with Crippen LogP contribution in [0.5, 0.6) is 0 Å². The van der Waals surface area contributed by atoms with Crippen LogP contribution in [0.2, 0.25) is 0 Å². The molecule has 0 radical (unpaired) electrons. The lowest BCUT2D eigenvalue weighted by atomic mass is 9.87. The monoisotopic (exact) mass is 458 g/mol. The fraction of sp³-hybridized carbons (Fsp3) is 0. The summed E-state index contributed by atoms with van der Waals surface area (Å²) in [5.41, 5.74) is 0. The molecule has 6 aromatic carbocycles. The van der Waals surface area contributed by atoms with Crippen molar-refractivity contribution in [3.8, 4) is 0 Å². The molecule has 6 rings (SSSR count).